The van der Waals surface area contributed by atoms with E-state index in [4.69, 9.17) is 0 Å². The molecule has 1 unspecified atom stereocenters. The molecule has 0 aliphatic heterocycles. The molecule has 2 N–H and O–H groups in total. The fraction of sp³-hybridized carbons (Fsp3) is 0.167. The van der Waals surface area contributed by atoms with Gasteiger partial charge in [-0.1, -0.05) is 6.07 Å². The number of anilines is 1. The first kappa shape index (κ1) is 12.5. The Kier molecular flexibility index (Phi) is 4.15. The normalized spacial score (nSPS) is 12.4. The van der Waals surface area contributed by atoms with Gasteiger partial charge in [0, 0.05) is 15.9 Å². The highest BCUT2D eigenvalue weighted by Crippen LogP contribution is 2.25. The van der Waals surface area contributed by atoms with Crippen molar-refractivity contribution in [3.8, 4) is 0 Å². The highest BCUT2D eigenvalue weighted by Gasteiger charge is 2.09. The Morgan fingerprint density at radius 1 is 1.41 bits per heavy atom. The van der Waals surface area contributed by atoms with Gasteiger partial charge >= 0.3 is 0 Å². The highest BCUT2D eigenvalue weighted by molar-refractivity contribution is 9.10. The smallest absolute Gasteiger partial charge is 0.125 e. The number of aliphatic hydroxyl groups is 1. The molecule has 0 amide bonds. The van der Waals surface area contributed by atoms with Crippen molar-refractivity contribution in [1.82, 2.24) is 0 Å². The largest absolute Gasteiger partial charge is 0.386 e. The van der Waals surface area contributed by atoms with Gasteiger partial charge in [0.05, 0.1) is 5.69 Å². The van der Waals surface area contributed by atoms with Crippen molar-refractivity contribution in [3.63, 3.8) is 0 Å². The summed E-state index contributed by atoms with van der Waals surface area (Å²) < 4.78 is 13.8. The van der Waals surface area contributed by atoms with Crippen molar-refractivity contribution in [2.75, 3.05) is 11.9 Å². The topological polar surface area (TPSA) is 32.3 Å². The number of hydrogen-bond donors (Lipinski definition) is 2. The number of benzene rings is 1. The van der Waals surface area contributed by atoms with Crippen molar-refractivity contribution in [2.24, 2.45) is 0 Å². The number of aliphatic hydroxyl groups excluding tert-OH is 1. The molecule has 90 valence electrons. The molecule has 2 rings (SSSR count). The molecule has 0 aliphatic carbocycles. The molecule has 0 aliphatic rings. The summed E-state index contributed by atoms with van der Waals surface area (Å²) in [6.45, 7) is 0.350. The second kappa shape index (κ2) is 5.62. The molecular weight excluding hydrogens is 305 g/mol. The molecule has 0 fully saturated rings. The van der Waals surface area contributed by atoms with Crippen LogP contribution in [0.4, 0.5) is 10.1 Å². The Balaban J connectivity index is 2.00. The van der Waals surface area contributed by atoms with E-state index in [1.54, 1.807) is 6.07 Å². The maximum atomic E-state index is 13.0. The summed E-state index contributed by atoms with van der Waals surface area (Å²) >= 11 is 4.82. The molecule has 5 heteroatoms. The van der Waals surface area contributed by atoms with Crippen LogP contribution in [0.5, 0.6) is 0 Å². The zero-order chi connectivity index (χ0) is 12.3. The minimum absolute atomic E-state index is 0.304. The van der Waals surface area contributed by atoms with Gasteiger partial charge in [-0.2, -0.15) is 0 Å². The van der Waals surface area contributed by atoms with Crippen LogP contribution in [0, 0.1) is 5.82 Å². The van der Waals surface area contributed by atoms with Gasteiger partial charge in [0.1, 0.15) is 11.9 Å². The van der Waals surface area contributed by atoms with E-state index in [9.17, 15) is 9.50 Å². The third kappa shape index (κ3) is 3.28. The van der Waals surface area contributed by atoms with E-state index in [-0.39, 0.29) is 5.82 Å². The quantitative estimate of drug-likeness (QED) is 0.899. The van der Waals surface area contributed by atoms with Crippen molar-refractivity contribution in [3.05, 3.63) is 50.9 Å². The van der Waals surface area contributed by atoms with E-state index in [0.29, 0.717) is 12.2 Å². The molecule has 1 aromatic carbocycles. The van der Waals surface area contributed by atoms with Gasteiger partial charge in [0.2, 0.25) is 0 Å². The van der Waals surface area contributed by atoms with E-state index >= 15 is 0 Å². The molecule has 1 heterocycles. The fourth-order valence-electron chi connectivity index (χ4n) is 1.42. The van der Waals surface area contributed by atoms with Crippen LogP contribution >= 0.6 is 27.3 Å². The summed E-state index contributed by atoms with van der Waals surface area (Å²) in [5, 5.41) is 14.8. The predicted octanol–water partition coefficient (Wildman–Crippen LogP) is 3.80. The summed E-state index contributed by atoms with van der Waals surface area (Å²) in [4.78, 5) is 0.894. The minimum atomic E-state index is -0.579. The summed E-state index contributed by atoms with van der Waals surface area (Å²) in [6, 6.07) is 8.17. The van der Waals surface area contributed by atoms with Crippen LogP contribution in [0.3, 0.4) is 0 Å². The monoisotopic (exact) mass is 315 g/mol. The highest BCUT2D eigenvalue weighted by atomic mass is 79.9. The standard InChI is InChI=1S/C12H11BrFNOS/c13-9-4-3-8(14)6-10(9)15-7-11(16)12-2-1-5-17-12/h1-6,11,15-16H,7H2. The third-order valence-electron chi connectivity index (χ3n) is 2.29. The van der Waals surface area contributed by atoms with Crippen LogP contribution in [0.15, 0.2) is 40.2 Å². The lowest BCUT2D eigenvalue weighted by atomic mass is 10.2. The van der Waals surface area contributed by atoms with Gasteiger partial charge in [-0.25, -0.2) is 4.39 Å². The summed E-state index contributed by atoms with van der Waals surface area (Å²) in [6.07, 6.45) is -0.579. The Morgan fingerprint density at radius 3 is 2.94 bits per heavy atom. The van der Waals surface area contributed by atoms with Crippen LogP contribution in [-0.4, -0.2) is 11.7 Å². The second-order valence-corrected chi connectivity index (χ2v) is 5.37. The number of nitrogens with one attached hydrogen (secondary N) is 1. The first-order chi connectivity index (χ1) is 8.16. The van der Waals surface area contributed by atoms with E-state index in [1.165, 1.54) is 23.5 Å². The Hall–Kier alpha value is -0.910. The molecule has 2 aromatic rings. The average Bonchev–Trinajstić information content (AvgIpc) is 2.83. The average molecular weight is 316 g/mol. The Bertz CT molecular complexity index is 489. The Morgan fingerprint density at radius 2 is 2.24 bits per heavy atom. The molecular formula is C12H11BrFNOS. The first-order valence-corrected chi connectivity index (χ1v) is 6.74. The maximum Gasteiger partial charge on any atom is 0.125 e. The van der Waals surface area contributed by atoms with Crippen LogP contribution < -0.4 is 5.32 Å². The van der Waals surface area contributed by atoms with Crippen LogP contribution in [0.25, 0.3) is 0 Å². The van der Waals surface area contributed by atoms with Crippen LogP contribution in [-0.2, 0) is 0 Å². The van der Waals surface area contributed by atoms with E-state index in [1.807, 2.05) is 17.5 Å². The molecule has 0 saturated carbocycles. The van der Waals surface area contributed by atoms with Gasteiger partial charge < -0.3 is 10.4 Å². The fourth-order valence-corrected chi connectivity index (χ4v) is 2.52. The number of thiophene rings is 1. The van der Waals surface area contributed by atoms with E-state index < -0.39 is 6.10 Å². The molecule has 0 spiro atoms. The van der Waals surface area contributed by atoms with Crippen molar-refractivity contribution >= 4 is 33.0 Å². The van der Waals surface area contributed by atoms with Crippen LogP contribution in [0.1, 0.15) is 11.0 Å². The van der Waals surface area contributed by atoms with Crippen LogP contribution in [0.2, 0.25) is 0 Å². The lowest BCUT2D eigenvalue weighted by Crippen LogP contribution is -2.11. The van der Waals surface area contributed by atoms with Crippen molar-refractivity contribution < 1.29 is 9.50 Å². The van der Waals surface area contributed by atoms with E-state index in [2.05, 4.69) is 21.2 Å². The predicted molar refractivity (Wildman–Crippen MR) is 71.9 cm³/mol. The zero-order valence-electron chi connectivity index (χ0n) is 8.86. The SMILES string of the molecule is OC(CNc1cc(F)ccc1Br)c1cccs1. The molecule has 0 radical (unpaired) electrons. The molecule has 1 atom stereocenters. The van der Waals surface area contributed by atoms with Gasteiger partial charge in [-0.3, -0.25) is 0 Å². The summed E-state index contributed by atoms with van der Waals surface area (Å²) in [7, 11) is 0. The molecule has 2 nitrogen and oxygen atoms in total. The minimum Gasteiger partial charge on any atom is -0.386 e. The van der Waals surface area contributed by atoms with Crippen molar-refractivity contribution in [2.45, 2.75) is 6.10 Å². The maximum absolute atomic E-state index is 13.0. The second-order valence-electron chi connectivity index (χ2n) is 3.54. The molecule has 0 saturated heterocycles. The molecule has 0 bridgehead atoms. The molecule has 17 heavy (non-hydrogen) atoms. The van der Waals surface area contributed by atoms with Gasteiger partial charge in [0.15, 0.2) is 0 Å². The summed E-state index contributed by atoms with van der Waals surface area (Å²) in [5.41, 5.74) is 0.639. The third-order valence-corrected chi connectivity index (χ3v) is 3.95. The first-order valence-electron chi connectivity index (χ1n) is 5.07. The lowest BCUT2D eigenvalue weighted by Gasteiger charge is -2.12. The zero-order valence-corrected chi connectivity index (χ0v) is 11.3. The molecule has 1 aromatic heterocycles. The lowest BCUT2D eigenvalue weighted by molar-refractivity contribution is 0.195. The number of hydrogen-bond acceptors (Lipinski definition) is 3. The van der Waals surface area contributed by atoms with E-state index in [0.717, 1.165) is 9.35 Å². The Labute approximate surface area is 111 Å². The summed E-state index contributed by atoms with van der Waals surface area (Å²) in [5.74, 6) is -0.304. The number of rotatable bonds is 4. The van der Waals surface area contributed by atoms with Gasteiger partial charge in [-0.15, -0.1) is 11.3 Å². The van der Waals surface area contributed by atoms with Gasteiger partial charge in [0.25, 0.3) is 0 Å². The van der Waals surface area contributed by atoms with Gasteiger partial charge in [-0.05, 0) is 45.6 Å². The van der Waals surface area contributed by atoms with Crippen molar-refractivity contribution in [1.29, 1.82) is 0 Å². The number of halogens is 2.